The predicted octanol–water partition coefficient (Wildman–Crippen LogP) is -0.506. The first-order valence-corrected chi connectivity index (χ1v) is 3.92. The highest BCUT2D eigenvalue weighted by atomic mass is 16.3. The maximum Gasteiger partial charge on any atom is 0.238 e. The number of aliphatic hydroxyl groups excluding tert-OH is 1. The lowest BCUT2D eigenvalue weighted by Gasteiger charge is -2.15. The first-order chi connectivity index (χ1) is 5.20. The molecule has 1 aliphatic rings. The van der Waals surface area contributed by atoms with E-state index in [-0.39, 0.29) is 12.0 Å². The van der Waals surface area contributed by atoms with Gasteiger partial charge in [-0.05, 0) is 13.3 Å². The van der Waals surface area contributed by atoms with Gasteiger partial charge < -0.3 is 5.11 Å². The van der Waals surface area contributed by atoms with Gasteiger partial charge in [-0.25, -0.2) is 5.43 Å². The molecule has 64 valence electrons. The third kappa shape index (κ3) is 2.48. The monoisotopic (exact) mass is 158 g/mol. The Kier molecular flexibility index (Phi) is 2.84. The van der Waals surface area contributed by atoms with Gasteiger partial charge in [0.1, 0.15) is 0 Å². The molecule has 0 saturated carbocycles. The molecule has 1 amide bonds. The molecule has 1 saturated heterocycles. The molecular weight excluding hydrogens is 144 g/mol. The quantitative estimate of drug-likeness (QED) is 0.582. The van der Waals surface area contributed by atoms with Crippen molar-refractivity contribution in [2.45, 2.75) is 25.9 Å². The van der Waals surface area contributed by atoms with E-state index in [0.717, 1.165) is 6.54 Å². The molecule has 4 heteroatoms. The zero-order valence-electron chi connectivity index (χ0n) is 6.71. The highest BCUT2D eigenvalue weighted by Gasteiger charge is 2.19. The molecule has 11 heavy (non-hydrogen) atoms. The molecule has 0 spiro atoms. The molecule has 1 aliphatic heterocycles. The molecule has 2 N–H and O–H groups in total. The van der Waals surface area contributed by atoms with E-state index in [1.54, 1.807) is 11.9 Å². The van der Waals surface area contributed by atoms with Crippen LogP contribution < -0.4 is 5.43 Å². The fourth-order valence-corrected chi connectivity index (χ4v) is 1.04. The van der Waals surface area contributed by atoms with E-state index in [1.165, 1.54) is 0 Å². The number of aliphatic hydroxyl groups is 1. The molecule has 0 radical (unpaired) electrons. The van der Waals surface area contributed by atoms with Gasteiger partial charge in [0, 0.05) is 19.5 Å². The molecule has 1 atom stereocenters. The highest BCUT2D eigenvalue weighted by Crippen LogP contribution is 2.01. The lowest BCUT2D eigenvalue weighted by molar-refractivity contribution is -0.129. The average Bonchev–Trinajstić information content (AvgIpc) is 2.31. The van der Waals surface area contributed by atoms with Gasteiger partial charge in [-0.1, -0.05) is 0 Å². The van der Waals surface area contributed by atoms with Crippen LogP contribution in [0.2, 0.25) is 0 Å². The lowest BCUT2D eigenvalue weighted by atomic mass is 10.3. The van der Waals surface area contributed by atoms with Crippen LogP contribution >= 0.6 is 0 Å². The third-order valence-electron chi connectivity index (χ3n) is 1.71. The first kappa shape index (κ1) is 8.49. The van der Waals surface area contributed by atoms with Crippen LogP contribution in [0, 0.1) is 0 Å². The maximum absolute atomic E-state index is 11.0. The van der Waals surface area contributed by atoms with Crippen LogP contribution in [-0.4, -0.2) is 35.2 Å². The Hall–Kier alpha value is -0.610. The van der Waals surface area contributed by atoms with Gasteiger partial charge in [-0.3, -0.25) is 9.80 Å². The van der Waals surface area contributed by atoms with Gasteiger partial charge >= 0.3 is 0 Å². The average molecular weight is 158 g/mol. The van der Waals surface area contributed by atoms with E-state index in [9.17, 15) is 4.79 Å². The Morgan fingerprint density at radius 2 is 2.55 bits per heavy atom. The fraction of sp³-hybridized carbons (Fsp3) is 0.857. The summed E-state index contributed by atoms with van der Waals surface area (Å²) in [5, 5.41) is 10.5. The van der Waals surface area contributed by atoms with E-state index in [0.29, 0.717) is 19.4 Å². The lowest BCUT2D eigenvalue weighted by Crippen LogP contribution is -2.36. The van der Waals surface area contributed by atoms with Gasteiger partial charge in [0.2, 0.25) is 5.91 Å². The van der Waals surface area contributed by atoms with E-state index < -0.39 is 0 Å². The van der Waals surface area contributed by atoms with E-state index in [1.807, 2.05) is 0 Å². The summed E-state index contributed by atoms with van der Waals surface area (Å²) in [7, 11) is 0. The Labute approximate surface area is 66.2 Å². The fourth-order valence-electron chi connectivity index (χ4n) is 1.04. The normalized spacial score (nSPS) is 20.9. The van der Waals surface area contributed by atoms with Crippen LogP contribution in [0.25, 0.3) is 0 Å². The van der Waals surface area contributed by atoms with Crippen LogP contribution in [0.1, 0.15) is 19.8 Å². The highest BCUT2D eigenvalue weighted by molar-refractivity contribution is 5.77. The van der Waals surface area contributed by atoms with Crippen molar-refractivity contribution in [3.05, 3.63) is 0 Å². The Morgan fingerprint density at radius 1 is 1.82 bits per heavy atom. The van der Waals surface area contributed by atoms with Crippen LogP contribution in [0.5, 0.6) is 0 Å². The summed E-state index contributed by atoms with van der Waals surface area (Å²) < 4.78 is 0. The van der Waals surface area contributed by atoms with Crippen molar-refractivity contribution >= 4 is 5.91 Å². The number of hydrogen-bond acceptors (Lipinski definition) is 3. The van der Waals surface area contributed by atoms with Crippen LogP contribution in [0.4, 0.5) is 0 Å². The summed E-state index contributed by atoms with van der Waals surface area (Å²) in [5.41, 5.74) is 2.93. The van der Waals surface area contributed by atoms with Crippen molar-refractivity contribution in [2.75, 3.05) is 13.1 Å². The molecular formula is C7H14N2O2. The van der Waals surface area contributed by atoms with Crippen molar-refractivity contribution < 1.29 is 9.90 Å². The number of rotatable bonds is 3. The Morgan fingerprint density at radius 3 is 3.00 bits per heavy atom. The Bertz CT molecular complexity index is 147. The van der Waals surface area contributed by atoms with Gasteiger partial charge in [0.25, 0.3) is 0 Å². The van der Waals surface area contributed by atoms with Crippen molar-refractivity contribution in [3.63, 3.8) is 0 Å². The molecule has 1 heterocycles. The SMILES string of the molecule is CC(O)CCN1NCCC1=O. The molecule has 1 fully saturated rings. The van der Waals surface area contributed by atoms with Crippen molar-refractivity contribution in [2.24, 2.45) is 0 Å². The number of hydrogen-bond donors (Lipinski definition) is 2. The third-order valence-corrected chi connectivity index (χ3v) is 1.71. The summed E-state index contributed by atoms with van der Waals surface area (Å²) >= 11 is 0. The number of amides is 1. The largest absolute Gasteiger partial charge is 0.393 e. The zero-order chi connectivity index (χ0) is 8.27. The summed E-state index contributed by atoms with van der Waals surface area (Å²) in [4.78, 5) is 11.0. The second-order valence-corrected chi connectivity index (χ2v) is 2.84. The summed E-state index contributed by atoms with van der Waals surface area (Å²) in [6.45, 7) is 3.07. The minimum absolute atomic E-state index is 0.130. The van der Waals surface area contributed by atoms with Crippen molar-refractivity contribution in [1.29, 1.82) is 0 Å². The van der Waals surface area contributed by atoms with E-state index in [4.69, 9.17) is 5.11 Å². The standard InChI is InChI=1S/C7H14N2O2/c1-6(10)3-5-9-7(11)2-4-8-9/h6,8,10H,2-5H2,1H3. The zero-order valence-corrected chi connectivity index (χ0v) is 6.71. The number of hydrazine groups is 1. The number of carbonyl (C=O) groups is 1. The molecule has 0 aromatic carbocycles. The van der Waals surface area contributed by atoms with Crippen molar-refractivity contribution in [1.82, 2.24) is 10.4 Å². The second-order valence-electron chi connectivity index (χ2n) is 2.84. The van der Waals surface area contributed by atoms with Gasteiger partial charge in [0.05, 0.1) is 6.10 Å². The molecule has 0 aliphatic carbocycles. The molecule has 0 aromatic rings. The molecule has 0 bridgehead atoms. The van der Waals surface area contributed by atoms with E-state index >= 15 is 0 Å². The minimum atomic E-state index is -0.329. The van der Waals surface area contributed by atoms with Crippen molar-refractivity contribution in [3.8, 4) is 0 Å². The molecule has 1 unspecified atom stereocenters. The smallest absolute Gasteiger partial charge is 0.238 e. The minimum Gasteiger partial charge on any atom is -0.393 e. The number of nitrogens with zero attached hydrogens (tertiary/aromatic N) is 1. The maximum atomic E-state index is 11.0. The molecule has 4 nitrogen and oxygen atoms in total. The van der Waals surface area contributed by atoms with Gasteiger partial charge in [-0.2, -0.15) is 0 Å². The molecule has 0 aromatic heterocycles. The number of nitrogens with one attached hydrogen (secondary N) is 1. The predicted molar refractivity (Wildman–Crippen MR) is 40.6 cm³/mol. The topological polar surface area (TPSA) is 52.6 Å². The molecule has 1 rings (SSSR count). The van der Waals surface area contributed by atoms with Crippen LogP contribution in [-0.2, 0) is 4.79 Å². The summed E-state index contributed by atoms with van der Waals surface area (Å²) in [5.74, 6) is 0.130. The van der Waals surface area contributed by atoms with Crippen LogP contribution in [0.3, 0.4) is 0 Å². The van der Waals surface area contributed by atoms with E-state index in [2.05, 4.69) is 5.43 Å². The second kappa shape index (κ2) is 3.69. The summed E-state index contributed by atoms with van der Waals surface area (Å²) in [6.07, 6.45) is 0.892. The van der Waals surface area contributed by atoms with Crippen LogP contribution in [0.15, 0.2) is 0 Å². The Balaban J connectivity index is 2.20. The first-order valence-electron chi connectivity index (χ1n) is 3.92. The van der Waals surface area contributed by atoms with Gasteiger partial charge in [0.15, 0.2) is 0 Å². The van der Waals surface area contributed by atoms with Gasteiger partial charge in [-0.15, -0.1) is 0 Å². The summed E-state index contributed by atoms with van der Waals surface area (Å²) in [6, 6.07) is 0. The number of carbonyl (C=O) groups excluding carboxylic acids is 1.